The van der Waals surface area contributed by atoms with E-state index in [0.29, 0.717) is 23.5 Å². The molecule has 0 aliphatic carbocycles. The van der Waals surface area contributed by atoms with Gasteiger partial charge in [-0.25, -0.2) is 4.98 Å². The highest BCUT2D eigenvalue weighted by atomic mass is 16.5. The number of ether oxygens (including phenoxy) is 1. The third-order valence-electron chi connectivity index (χ3n) is 5.22. The van der Waals surface area contributed by atoms with Gasteiger partial charge in [-0.15, -0.1) is 0 Å². The summed E-state index contributed by atoms with van der Waals surface area (Å²) in [6.07, 6.45) is 4.37. The summed E-state index contributed by atoms with van der Waals surface area (Å²) in [5.74, 6) is -0.875. The Kier molecular flexibility index (Phi) is 5.63. The second-order valence-electron chi connectivity index (χ2n) is 7.37. The molecule has 166 valence electrons. The van der Waals surface area contributed by atoms with Crippen LogP contribution in [-0.4, -0.2) is 38.5 Å². The number of hydrogen-bond acceptors (Lipinski definition) is 8. The lowest BCUT2D eigenvalue weighted by atomic mass is 10.1. The van der Waals surface area contributed by atoms with Crippen LogP contribution in [0.25, 0.3) is 22.3 Å². The van der Waals surface area contributed by atoms with Crippen molar-refractivity contribution in [3.8, 4) is 34.3 Å². The molecule has 9 nitrogen and oxygen atoms in total. The molecular weight excluding hydrogens is 414 g/mol. The van der Waals surface area contributed by atoms with Gasteiger partial charge in [0.15, 0.2) is 5.76 Å². The van der Waals surface area contributed by atoms with Gasteiger partial charge in [-0.05, 0) is 25.5 Å². The van der Waals surface area contributed by atoms with Crippen LogP contribution in [0.3, 0.4) is 0 Å². The zero-order valence-electron chi connectivity index (χ0n) is 17.6. The number of phenols is 2. The molecule has 0 saturated heterocycles. The van der Waals surface area contributed by atoms with E-state index < -0.39 is 16.9 Å². The number of benzene rings is 2. The van der Waals surface area contributed by atoms with Gasteiger partial charge in [0.25, 0.3) is 0 Å². The van der Waals surface area contributed by atoms with Crippen LogP contribution in [0.5, 0.6) is 23.0 Å². The Labute approximate surface area is 183 Å². The predicted octanol–water partition coefficient (Wildman–Crippen LogP) is 3.59. The molecule has 0 aliphatic heterocycles. The Morgan fingerprint density at radius 3 is 2.72 bits per heavy atom. The summed E-state index contributed by atoms with van der Waals surface area (Å²) in [5, 5.41) is 33.5. The molecule has 2 heterocycles. The van der Waals surface area contributed by atoms with Crippen LogP contribution in [0.1, 0.15) is 12.1 Å². The Morgan fingerprint density at radius 1 is 1.19 bits per heavy atom. The van der Waals surface area contributed by atoms with E-state index in [4.69, 9.17) is 9.15 Å². The number of fused-ring (bicyclic) bond motifs is 1. The van der Waals surface area contributed by atoms with Crippen molar-refractivity contribution in [3.05, 3.63) is 58.8 Å². The summed E-state index contributed by atoms with van der Waals surface area (Å²) < 4.78 is 13.1. The van der Waals surface area contributed by atoms with Gasteiger partial charge in [0.05, 0.1) is 13.4 Å². The summed E-state index contributed by atoms with van der Waals surface area (Å²) in [6, 6.07) is 7.30. The molecule has 0 fully saturated rings. The fraction of sp³-hybridized carbons (Fsp3) is 0.217. The van der Waals surface area contributed by atoms with Crippen molar-refractivity contribution < 1.29 is 24.5 Å². The van der Waals surface area contributed by atoms with Crippen LogP contribution in [0.4, 0.5) is 5.69 Å². The number of nitrogens with one attached hydrogen (secondary N) is 1. The van der Waals surface area contributed by atoms with Crippen LogP contribution >= 0.6 is 0 Å². The third kappa shape index (κ3) is 3.92. The Hall–Kier alpha value is -4.14. The lowest BCUT2D eigenvalue weighted by Crippen LogP contribution is -2.09. The first kappa shape index (κ1) is 21.1. The fourth-order valence-electron chi connectivity index (χ4n) is 3.55. The van der Waals surface area contributed by atoms with Crippen LogP contribution in [0.15, 0.2) is 52.1 Å². The van der Waals surface area contributed by atoms with Crippen molar-refractivity contribution >= 4 is 16.7 Å². The first-order valence-corrected chi connectivity index (χ1v) is 9.99. The molecule has 0 bridgehead atoms. The number of anilines is 1. The van der Waals surface area contributed by atoms with Crippen molar-refractivity contribution in [3.63, 3.8) is 0 Å². The molecule has 4 rings (SSSR count). The molecule has 0 spiro atoms. The number of methoxy groups -OCH3 is 1. The van der Waals surface area contributed by atoms with Crippen LogP contribution < -0.4 is 15.5 Å². The van der Waals surface area contributed by atoms with E-state index >= 15 is 0 Å². The molecule has 9 heteroatoms. The molecule has 0 radical (unpaired) electrons. The molecular formula is C23H23N3O6. The summed E-state index contributed by atoms with van der Waals surface area (Å²) >= 11 is 0. The van der Waals surface area contributed by atoms with E-state index in [1.165, 1.54) is 6.07 Å². The summed E-state index contributed by atoms with van der Waals surface area (Å²) in [6.45, 7) is 3.35. The zero-order valence-corrected chi connectivity index (χ0v) is 17.6. The van der Waals surface area contributed by atoms with Gasteiger partial charge in [0.1, 0.15) is 28.2 Å². The number of aromatic nitrogens is 2. The van der Waals surface area contributed by atoms with E-state index in [2.05, 4.69) is 10.3 Å². The maximum Gasteiger partial charge on any atom is 0.238 e. The lowest BCUT2D eigenvalue weighted by molar-refractivity contribution is 0.415. The number of imidazole rings is 1. The molecule has 0 atom stereocenters. The predicted molar refractivity (Wildman–Crippen MR) is 120 cm³/mol. The van der Waals surface area contributed by atoms with E-state index in [0.717, 1.165) is 24.7 Å². The second-order valence-corrected chi connectivity index (χ2v) is 7.37. The first-order chi connectivity index (χ1) is 15.4. The minimum absolute atomic E-state index is 0.0438. The number of aromatic hydroxyl groups is 3. The standard InChI is InChI=1S/C23H23N3O6/c1-13-11-24-12-26(13)7-3-6-25-17-10-15(31-2)4-5-16(17)23-22(30)21(29)20-18(28)8-14(27)9-19(20)32-23/h4-5,8-12,25,27-28,30H,3,6-7H2,1-2H3. The van der Waals surface area contributed by atoms with Crippen molar-refractivity contribution in [1.29, 1.82) is 0 Å². The Balaban J connectivity index is 1.70. The molecule has 4 N–H and O–H groups in total. The van der Waals surface area contributed by atoms with E-state index in [1.807, 2.05) is 11.5 Å². The van der Waals surface area contributed by atoms with E-state index in [1.54, 1.807) is 37.8 Å². The summed E-state index contributed by atoms with van der Waals surface area (Å²) in [4.78, 5) is 16.8. The largest absolute Gasteiger partial charge is 0.508 e. The van der Waals surface area contributed by atoms with Gasteiger partial charge in [0.2, 0.25) is 11.2 Å². The number of nitrogens with zero attached hydrogens (tertiary/aromatic N) is 2. The van der Waals surface area contributed by atoms with Gasteiger partial charge in [0, 0.05) is 54.4 Å². The van der Waals surface area contributed by atoms with Crippen LogP contribution in [-0.2, 0) is 6.54 Å². The maximum atomic E-state index is 12.7. The van der Waals surface area contributed by atoms with E-state index in [9.17, 15) is 20.1 Å². The van der Waals surface area contributed by atoms with Gasteiger partial charge < -0.3 is 34.4 Å². The molecule has 0 amide bonds. The highest BCUT2D eigenvalue weighted by molar-refractivity contribution is 5.89. The molecule has 2 aromatic carbocycles. The average molecular weight is 437 g/mol. The number of hydrogen-bond donors (Lipinski definition) is 4. The monoisotopic (exact) mass is 437 g/mol. The van der Waals surface area contributed by atoms with Gasteiger partial charge in [-0.1, -0.05) is 0 Å². The lowest BCUT2D eigenvalue weighted by Gasteiger charge is -2.15. The molecule has 4 aromatic rings. The summed E-state index contributed by atoms with van der Waals surface area (Å²) in [7, 11) is 1.54. The first-order valence-electron chi connectivity index (χ1n) is 9.99. The van der Waals surface area contributed by atoms with Gasteiger partial charge in [-0.3, -0.25) is 4.79 Å². The molecule has 2 aromatic heterocycles. The summed E-state index contributed by atoms with van der Waals surface area (Å²) in [5.41, 5.74) is 1.26. The topological polar surface area (TPSA) is 130 Å². The minimum atomic E-state index is -0.795. The highest BCUT2D eigenvalue weighted by Gasteiger charge is 2.21. The average Bonchev–Trinajstić information content (AvgIpc) is 3.18. The SMILES string of the molecule is COc1ccc(-c2oc3cc(O)cc(O)c3c(=O)c2O)c(NCCCn2cncc2C)c1. The fourth-order valence-corrected chi connectivity index (χ4v) is 3.55. The maximum absolute atomic E-state index is 12.7. The van der Waals surface area contributed by atoms with Crippen LogP contribution in [0, 0.1) is 6.92 Å². The smallest absolute Gasteiger partial charge is 0.238 e. The van der Waals surface area contributed by atoms with Gasteiger partial charge in [-0.2, -0.15) is 0 Å². The zero-order chi connectivity index (χ0) is 22.8. The number of phenolic OH excluding ortho intramolecular Hbond substituents is 2. The molecule has 0 aliphatic rings. The van der Waals surface area contributed by atoms with Crippen molar-refractivity contribution in [2.45, 2.75) is 19.9 Å². The third-order valence-corrected chi connectivity index (χ3v) is 5.22. The molecule has 32 heavy (non-hydrogen) atoms. The Bertz CT molecular complexity index is 1340. The van der Waals surface area contributed by atoms with Crippen molar-refractivity contribution in [2.24, 2.45) is 0 Å². The van der Waals surface area contributed by atoms with Gasteiger partial charge >= 0.3 is 0 Å². The quantitative estimate of drug-likeness (QED) is 0.323. The second kappa shape index (κ2) is 8.54. The Morgan fingerprint density at radius 2 is 2.00 bits per heavy atom. The van der Waals surface area contributed by atoms with E-state index in [-0.39, 0.29) is 22.5 Å². The molecule has 0 unspecified atom stereocenters. The van der Waals surface area contributed by atoms with Crippen molar-refractivity contribution in [2.75, 3.05) is 19.0 Å². The van der Waals surface area contributed by atoms with Crippen molar-refractivity contribution in [1.82, 2.24) is 9.55 Å². The highest BCUT2D eigenvalue weighted by Crippen LogP contribution is 2.39. The van der Waals surface area contributed by atoms with Crippen LogP contribution in [0.2, 0.25) is 0 Å². The normalized spacial score (nSPS) is 11.1. The number of aryl methyl sites for hydroxylation is 2. The minimum Gasteiger partial charge on any atom is -0.508 e. The molecule has 0 saturated carbocycles. The number of rotatable bonds is 7.